The van der Waals surface area contributed by atoms with Gasteiger partial charge in [-0.25, -0.2) is 5.01 Å². The van der Waals surface area contributed by atoms with Gasteiger partial charge in [-0.3, -0.25) is 0 Å². The molecular weight excluding hydrogens is 458 g/mol. The van der Waals surface area contributed by atoms with Crippen molar-refractivity contribution in [1.82, 2.24) is 10.0 Å². The van der Waals surface area contributed by atoms with Crippen molar-refractivity contribution in [2.45, 2.75) is 38.7 Å². The van der Waals surface area contributed by atoms with E-state index in [4.69, 9.17) is 11.6 Å². The first kappa shape index (κ1) is 24.3. The lowest BCUT2D eigenvalue weighted by atomic mass is 9.89. The number of likely N-dealkylation sites (N-methyl/N-ethyl adjacent to an activating group) is 1. The summed E-state index contributed by atoms with van der Waals surface area (Å²) in [6.45, 7) is 3.48. The summed E-state index contributed by atoms with van der Waals surface area (Å²) in [5.41, 5.74) is 0.564. The van der Waals surface area contributed by atoms with Crippen molar-refractivity contribution in [2.75, 3.05) is 14.1 Å². The minimum absolute atomic E-state index is 0.0722. The van der Waals surface area contributed by atoms with E-state index < -0.39 is 34.7 Å². The van der Waals surface area contributed by atoms with Crippen molar-refractivity contribution in [3.05, 3.63) is 57.6 Å². The van der Waals surface area contributed by atoms with Crippen LogP contribution in [0.3, 0.4) is 0 Å². The SMILES string of the molecule is CCc1c(C)cc(C2=CC(C(F)(F)F)N(C)N2C)c(O)c1-c1ccc(Cl)c(C(F)(F)F)c1. The number of nitrogens with zero attached hydrogens (tertiary/aromatic N) is 2. The summed E-state index contributed by atoms with van der Waals surface area (Å²) in [4.78, 5) is 0. The maximum absolute atomic E-state index is 13.4. The van der Waals surface area contributed by atoms with Crippen LogP contribution < -0.4 is 0 Å². The van der Waals surface area contributed by atoms with Gasteiger partial charge in [0, 0.05) is 25.2 Å². The van der Waals surface area contributed by atoms with Crippen LogP contribution in [0.5, 0.6) is 5.75 Å². The van der Waals surface area contributed by atoms with E-state index in [2.05, 4.69) is 0 Å². The van der Waals surface area contributed by atoms with Crippen LogP contribution in [0.25, 0.3) is 16.8 Å². The Balaban J connectivity index is 2.27. The smallest absolute Gasteiger partial charge is 0.417 e. The van der Waals surface area contributed by atoms with Gasteiger partial charge in [-0.15, -0.1) is 0 Å². The first-order chi connectivity index (χ1) is 14.7. The summed E-state index contributed by atoms with van der Waals surface area (Å²) in [6, 6.07) is 2.94. The molecule has 0 aliphatic carbocycles. The average molecular weight is 479 g/mol. The van der Waals surface area contributed by atoms with Gasteiger partial charge in [0.25, 0.3) is 0 Å². The Bertz CT molecular complexity index is 1080. The summed E-state index contributed by atoms with van der Waals surface area (Å²) in [6.07, 6.45) is -7.89. The molecule has 1 N–H and O–H groups in total. The standard InChI is InChI=1S/C22H21ClF6N2O/c1-5-13-11(2)8-14(17-10-18(22(27,28)29)31(4)30(17)3)20(32)19(13)12-6-7-16(23)15(9-12)21(24,25)26/h6-10,18,32H,5H2,1-4H3. The normalized spacial score (nSPS) is 17.8. The van der Waals surface area contributed by atoms with Crippen LogP contribution in [0.2, 0.25) is 5.02 Å². The van der Waals surface area contributed by atoms with Crippen molar-refractivity contribution in [2.24, 2.45) is 0 Å². The third-order valence-electron chi connectivity index (χ3n) is 5.70. The fourth-order valence-electron chi connectivity index (χ4n) is 4.00. The van der Waals surface area contributed by atoms with Gasteiger partial charge < -0.3 is 10.1 Å². The van der Waals surface area contributed by atoms with Gasteiger partial charge in [0.05, 0.1) is 16.3 Å². The fourth-order valence-corrected chi connectivity index (χ4v) is 4.22. The van der Waals surface area contributed by atoms with Crippen LogP contribution in [0.15, 0.2) is 30.3 Å². The van der Waals surface area contributed by atoms with Gasteiger partial charge >= 0.3 is 12.4 Å². The van der Waals surface area contributed by atoms with Crippen molar-refractivity contribution in [1.29, 1.82) is 0 Å². The number of hydrazine groups is 1. The molecule has 32 heavy (non-hydrogen) atoms. The molecule has 0 radical (unpaired) electrons. The van der Waals surface area contributed by atoms with E-state index >= 15 is 0 Å². The van der Waals surface area contributed by atoms with Gasteiger partial charge in [-0.2, -0.15) is 26.3 Å². The second-order valence-corrected chi connectivity index (χ2v) is 8.03. The summed E-state index contributed by atoms with van der Waals surface area (Å²) < 4.78 is 80.5. The lowest BCUT2D eigenvalue weighted by Crippen LogP contribution is -2.44. The number of aryl methyl sites for hydroxylation is 1. The number of halogens is 7. The largest absolute Gasteiger partial charge is 0.507 e. The molecule has 1 aliphatic rings. The number of rotatable bonds is 3. The van der Waals surface area contributed by atoms with E-state index in [9.17, 15) is 31.4 Å². The highest BCUT2D eigenvalue weighted by molar-refractivity contribution is 6.31. The van der Waals surface area contributed by atoms with Crippen molar-refractivity contribution >= 4 is 17.3 Å². The van der Waals surface area contributed by atoms with E-state index in [1.54, 1.807) is 19.9 Å². The number of benzene rings is 2. The zero-order valence-electron chi connectivity index (χ0n) is 17.7. The monoisotopic (exact) mass is 478 g/mol. The van der Waals surface area contributed by atoms with Crippen molar-refractivity contribution < 1.29 is 31.4 Å². The maximum atomic E-state index is 13.4. The number of phenolic OH excluding ortho intramolecular Hbond substituents is 1. The van der Waals surface area contributed by atoms with Crippen molar-refractivity contribution in [3.63, 3.8) is 0 Å². The van der Waals surface area contributed by atoms with Gasteiger partial charge in [-0.1, -0.05) is 24.6 Å². The number of phenols is 1. The fraction of sp³-hybridized carbons (Fsp3) is 0.364. The Hall–Kier alpha value is -2.39. The number of alkyl halides is 6. The van der Waals surface area contributed by atoms with E-state index in [1.807, 2.05) is 0 Å². The molecule has 0 aromatic heterocycles. The highest BCUT2D eigenvalue weighted by atomic mass is 35.5. The molecule has 0 saturated carbocycles. The van der Waals surface area contributed by atoms with Crippen LogP contribution in [0.4, 0.5) is 26.3 Å². The molecule has 1 heterocycles. The number of hydrogen-bond acceptors (Lipinski definition) is 3. The van der Waals surface area contributed by atoms with E-state index in [-0.39, 0.29) is 22.4 Å². The lowest BCUT2D eigenvalue weighted by Gasteiger charge is -2.30. The first-order valence-electron chi connectivity index (χ1n) is 9.66. The van der Waals surface area contributed by atoms with Crippen LogP contribution in [0, 0.1) is 6.92 Å². The Morgan fingerprint density at radius 3 is 2.19 bits per heavy atom. The topological polar surface area (TPSA) is 26.7 Å². The molecule has 1 unspecified atom stereocenters. The van der Waals surface area contributed by atoms with E-state index in [0.29, 0.717) is 17.5 Å². The highest BCUT2D eigenvalue weighted by Crippen LogP contribution is 2.46. The molecule has 3 nitrogen and oxygen atoms in total. The molecule has 3 rings (SSSR count). The molecule has 2 aromatic rings. The Morgan fingerprint density at radius 1 is 1.06 bits per heavy atom. The third kappa shape index (κ3) is 4.15. The predicted octanol–water partition coefficient (Wildman–Crippen LogP) is 6.67. The summed E-state index contributed by atoms with van der Waals surface area (Å²) in [5, 5.41) is 12.9. The number of aromatic hydroxyl groups is 1. The summed E-state index contributed by atoms with van der Waals surface area (Å²) in [7, 11) is 2.69. The van der Waals surface area contributed by atoms with Gasteiger partial charge in [0.2, 0.25) is 0 Å². The quantitative estimate of drug-likeness (QED) is 0.499. The Kier molecular flexibility index (Phi) is 6.21. The molecule has 174 valence electrons. The minimum atomic E-state index is -4.71. The molecule has 10 heteroatoms. The van der Waals surface area contributed by atoms with Crippen LogP contribution in [-0.2, 0) is 12.6 Å². The van der Waals surface area contributed by atoms with Gasteiger partial charge in [-0.05, 0) is 54.3 Å². The molecule has 2 aromatic carbocycles. The highest BCUT2D eigenvalue weighted by Gasteiger charge is 2.47. The van der Waals surface area contributed by atoms with Gasteiger partial charge in [0.15, 0.2) is 0 Å². The second-order valence-electron chi connectivity index (χ2n) is 7.62. The van der Waals surface area contributed by atoms with Crippen LogP contribution in [0.1, 0.15) is 29.2 Å². The molecule has 0 fully saturated rings. The predicted molar refractivity (Wildman–Crippen MR) is 111 cm³/mol. The van der Waals surface area contributed by atoms with Crippen LogP contribution >= 0.6 is 11.6 Å². The molecule has 0 saturated heterocycles. The molecule has 0 spiro atoms. The molecule has 0 amide bonds. The molecular formula is C22H21ClF6N2O. The Labute approximate surface area is 186 Å². The number of hydrogen-bond donors (Lipinski definition) is 1. The lowest BCUT2D eigenvalue weighted by molar-refractivity contribution is -0.182. The van der Waals surface area contributed by atoms with Crippen molar-refractivity contribution in [3.8, 4) is 16.9 Å². The molecule has 1 aliphatic heterocycles. The van der Waals surface area contributed by atoms with Gasteiger partial charge in [0.1, 0.15) is 11.8 Å². The first-order valence-corrected chi connectivity index (χ1v) is 10.0. The van der Waals surface area contributed by atoms with E-state index in [1.165, 1.54) is 25.2 Å². The van der Waals surface area contributed by atoms with Crippen LogP contribution in [-0.4, -0.2) is 41.4 Å². The minimum Gasteiger partial charge on any atom is -0.507 e. The molecule has 0 bridgehead atoms. The zero-order chi connectivity index (χ0) is 24.2. The third-order valence-corrected chi connectivity index (χ3v) is 6.03. The summed E-state index contributed by atoms with van der Waals surface area (Å²) >= 11 is 5.73. The summed E-state index contributed by atoms with van der Waals surface area (Å²) in [5.74, 6) is -0.391. The second kappa shape index (κ2) is 8.19. The van der Waals surface area contributed by atoms with E-state index in [0.717, 1.165) is 23.2 Å². The maximum Gasteiger partial charge on any atom is 0.417 e. The Morgan fingerprint density at radius 2 is 1.69 bits per heavy atom. The molecule has 1 atom stereocenters. The average Bonchev–Trinajstić information content (AvgIpc) is 2.98. The zero-order valence-corrected chi connectivity index (χ0v) is 18.4.